The topological polar surface area (TPSA) is 42.4 Å². The van der Waals surface area contributed by atoms with Crippen LogP contribution in [-0.2, 0) is 18.7 Å². The van der Waals surface area contributed by atoms with Gasteiger partial charge in [-0.05, 0) is 11.6 Å². The van der Waals surface area contributed by atoms with E-state index in [9.17, 15) is 26.3 Å². The Morgan fingerprint density at radius 2 is 1.74 bits per heavy atom. The fourth-order valence-corrected chi connectivity index (χ4v) is 1.45. The molecule has 0 aromatic carbocycles. The van der Waals surface area contributed by atoms with Gasteiger partial charge in [0, 0.05) is 11.4 Å². The zero-order valence-electron chi connectivity index (χ0n) is 8.94. The molecule has 0 amide bonds. The fourth-order valence-electron chi connectivity index (χ4n) is 1.24. The molecule has 108 valence electrons. The van der Waals surface area contributed by atoms with Gasteiger partial charge in [0.15, 0.2) is 5.69 Å². The van der Waals surface area contributed by atoms with Crippen molar-refractivity contribution in [2.24, 2.45) is 0 Å². The van der Waals surface area contributed by atoms with Gasteiger partial charge in [-0.25, -0.2) is 4.98 Å². The summed E-state index contributed by atoms with van der Waals surface area (Å²) in [6.45, 7) is -0.972. The number of aromatic nitrogens is 1. The molecule has 3 nitrogen and oxygen atoms in total. The average molecular weight is 310 g/mol. The van der Waals surface area contributed by atoms with E-state index in [0.29, 0.717) is 6.07 Å². The van der Waals surface area contributed by atoms with Crippen LogP contribution in [0, 0.1) is 0 Å². The summed E-state index contributed by atoms with van der Waals surface area (Å²) < 4.78 is 77.1. The molecule has 0 bridgehead atoms. The quantitative estimate of drug-likeness (QED) is 0.688. The Kier molecular flexibility index (Phi) is 4.51. The summed E-state index contributed by atoms with van der Waals surface area (Å²) in [6, 6.07) is 0.671. The summed E-state index contributed by atoms with van der Waals surface area (Å²) in [5.41, 5.74) is -2.67. The van der Waals surface area contributed by atoms with E-state index in [4.69, 9.17) is 16.7 Å². The lowest BCUT2D eigenvalue weighted by Gasteiger charge is -2.16. The molecule has 0 aliphatic carbocycles. The van der Waals surface area contributed by atoms with Crippen molar-refractivity contribution >= 4 is 11.6 Å². The Hall–Kier alpha value is -1.22. The second-order valence-corrected chi connectivity index (χ2v) is 3.56. The smallest absolute Gasteiger partial charge is 0.391 e. The van der Waals surface area contributed by atoms with Gasteiger partial charge in [0.2, 0.25) is 5.88 Å². The molecule has 1 rings (SSSR count). The second-order valence-electron chi connectivity index (χ2n) is 3.30. The number of rotatable bonds is 3. The molecule has 0 atom stereocenters. The van der Waals surface area contributed by atoms with Crippen molar-refractivity contribution in [2.45, 2.75) is 25.0 Å². The molecule has 0 radical (unpaired) electrons. The highest BCUT2D eigenvalue weighted by Crippen LogP contribution is 2.35. The lowest BCUT2D eigenvalue weighted by molar-refractivity contribution is -0.276. The van der Waals surface area contributed by atoms with Gasteiger partial charge in [-0.1, -0.05) is 0 Å². The highest BCUT2D eigenvalue weighted by atomic mass is 35.5. The van der Waals surface area contributed by atoms with Crippen molar-refractivity contribution in [1.29, 1.82) is 0 Å². The Morgan fingerprint density at radius 1 is 1.16 bits per heavy atom. The molecule has 1 aromatic rings. The molecule has 19 heavy (non-hydrogen) atoms. The minimum Gasteiger partial charge on any atom is -0.391 e. The van der Waals surface area contributed by atoms with E-state index in [-0.39, 0.29) is 0 Å². The maximum absolute atomic E-state index is 12.6. The predicted molar refractivity (Wildman–Crippen MR) is 51.4 cm³/mol. The first-order valence-corrected chi connectivity index (χ1v) is 5.14. The molecular weight excluding hydrogens is 304 g/mol. The first-order valence-electron chi connectivity index (χ1n) is 4.61. The number of pyridine rings is 1. The number of hydrogen-bond donors (Lipinski definition) is 1. The Labute approximate surface area is 107 Å². The normalized spacial score (nSPS) is 12.6. The third-order valence-corrected chi connectivity index (χ3v) is 2.22. The third-order valence-electron chi connectivity index (χ3n) is 1.94. The van der Waals surface area contributed by atoms with Gasteiger partial charge in [0.1, 0.15) is 0 Å². The summed E-state index contributed by atoms with van der Waals surface area (Å²) in [5, 5.41) is 8.82. The molecule has 0 saturated heterocycles. The molecule has 10 heteroatoms. The Balaban J connectivity index is 3.38. The van der Waals surface area contributed by atoms with Crippen LogP contribution in [0.2, 0.25) is 0 Å². The van der Waals surface area contributed by atoms with E-state index in [1.54, 1.807) is 0 Å². The van der Waals surface area contributed by atoms with Crippen LogP contribution in [0.5, 0.6) is 5.88 Å². The summed E-state index contributed by atoms with van der Waals surface area (Å²) in [5.74, 6) is -1.97. The Bertz CT molecular complexity index is 459. The van der Waals surface area contributed by atoms with Crippen LogP contribution in [0.1, 0.15) is 16.8 Å². The van der Waals surface area contributed by atoms with Gasteiger partial charge in [-0.2, -0.15) is 13.2 Å². The zero-order valence-corrected chi connectivity index (χ0v) is 9.70. The number of alkyl halides is 7. The molecule has 0 spiro atoms. The highest BCUT2D eigenvalue weighted by Gasteiger charge is 2.39. The molecule has 0 fully saturated rings. The summed E-state index contributed by atoms with van der Waals surface area (Å²) >= 11 is 5.27. The van der Waals surface area contributed by atoms with Crippen LogP contribution >= 0.6 is 11.6 Å². The maximum atomic E-state index is 12.6. The van der Waals surface area contributed by atoms with Crippen molar-refractivity contribution < 1.29 is 36.2 Å². The number of nitrogens with zero attached hydrogens (tertiary/aromatic N) is 1. The third kappa shape index (κ3) is 4.13. The lowest BCUT2D eigenvalue weighted by Crippen LogP contribution is -2.21. The van der Waals surface area contributed by atoms with Crippen molar-refractivity contribution in [2.75, 3.05) is 0 Å². The number of aliphatic hydroxyl groups is 1. The number of aliphatic hydroxyl groups excluding tert-OH is 1. The fraction of sp³-hybridized carbons (Fsp3) is 0.444. The van der Waals surface area contributed by atoms with Gasteiger partial charge in [-0.15, -0.1) is 24.8 Å². The minimum atomic E-state index is -5.22. The van der Waals surface area contributed by atoms with Gasteiger partial charge >= 0.3 is 12.5 Å². The van der Waals surface area contributed by atoms with Gasteiger partial charge in [0.25, 0.3) is 0 Å². The van der Waals surface area contributed by atoms with Crippen LogP contribution in [0.15, 0.2) is 6.07 Å². The SMILES string of the molecule is OCc1cc(CCl)c(C(F)(F)F)nc1OC(F)(F)F. The van der Waals surface area contributed by atoms with E-state index >= 15 is 0 Å². The van der Waals surface area contributed by atoms with Crippen molar-refractivity contribution in [3.05, 3.63) is 22.9 Å². The monoisotopic (exact) mass is 309 g/mol. The largest absolute Gasteiger partial charge is 0.574 e. The molecule has 1 heterocycles. The number of hydrogen-bond acceptors (Lipinski definition) is 3. The van der Waals surface area contributed by atoms with Crippen molar-refractivity contribution in [1.82, 2.24) is 4.98 Å². The second kappa shape index (κ2) is 5.41. The van der Waals surface area contributed by atoms with E-state index in [1.807, 2.05) is 0 Å². The Morgan fingerprint density at radius 3 is 2.11 bits per heavy atom. The van der Waals surface area contributed by atoms with E-state index < -0.39 is 47.7 Å². The van der Waals surface area contributed by atoms with Crippen LogP contribution in [0.25, 0.3) is 0 Å². The molecule has 1 aromatic heterocycles. The maximum Gasteiger partial charge on any atom is 0.574 e. The average Bonchev–Trinajstić information content (AvgIpc) is 2.25. The predicted octanol–water partition coefficient (Wildman–Crippen LogP) is 3.23. The molecule has 0 saturated carbocycles. The molecular formula is C9H6ClF6NO2. The molecule has 1 N–H and O–H groups in total. The van der Waals surface area contributed by atoms with E-state index in [0.717, 1.165) is 0 Å². The van der Waals surface area contributed by atoms with Crippen LogP contribution in [0.4, 0.5) is 26.3 Å². The molecule has 0 aliphatic heterocycles. The zero-order chi connectivity index (χ0) is 14.8. The summed E-state index contributed by atoms with van der Waals surface area (Å²) in [4.78, 5) is 2.76. The highest BCUT2D eigenvalue weighted by molar-refractivity contribution is 6.17. The van der Waals surface area contributed by atoms with Crippen molar-refractivity contribution in [3.63, 3.8) is 0 Å². The van der Waals surface area contributed by atoms with Crippen LogP contribution < -0.4 is 4.74 Å². The first-order chi connectivity index (χ1) is 8.58. The first kappa shape index (κ1) is 15.8. The number of ether oxygens (including phenoxy) is 1. The standard InChI is InChI=1S/C9H6ClF6NO2/c10-2-4-1-5(3-18)7(19-9(14,15)16)17-6(4)8(11,12)13/h1,18H,2-3H2. The van der Waals surface area contributed by atoms with Crippen LogP contribution in [-0.4, -0.2) is 16.5 Å². The van der Waals surface area contributed by atoms with Gasteiger partial charge < -0.3 is 9.84 Å². The van der Waals surface area contributed by atoms with E-state index in [1.165, 1.54) is 0 Å². The molecule has 0 unspecified atom stereocenters. The number of halogens is 7. The van der Waals surface area contributed by atoms with Gasteiger partial charge in [0.05, 0.1) is 6.61 Å². The molecule has 0 aliphatic rings. The van der Waals surface area contributed by atoms with Crippen LogP contribution in [0.3, 0.4) is 0 Å². The summed E-state index contributed by atoms with van der Waals surface area (Å²) in [6.07, 6.45) is -10.2. The van der Waals surface area contributed by atoms with Crippen molar-refractivity contribution in [3.8, 4) is 5.88 Å². The van der Waals surface area contributed by atoms with E-state index in [2.05, 4.69) is 9.72 Å². The lowest BCUT2D eigenvalue weighted by atomic mass is 10.1. The summed E-state index contributed by atoms with van der Waals surface area (Å²) in [7, 11) is 0. The minimum absolute atomic E-state index is 0.541. The van der Waals surface area contributed by atoms with Gasteiger partial charge in [-0.3, -0.25) is 0 Å².